The molecule has 3 heterocycles. The Kier molecular flexibility index (Phi) is 5.69. The highest BCUT2D eigenvalue weighted by molar-refractivity contribution is 6.30. The Morgan fingerprint density at radius 2 is 2.07 bits per heavy atom. The maximum Gasteiger partial charge on any atom is 0.155 e. The van der Waals surface area contributed by atoms with Crippen LogP contribution in [0, 0.1) is 5.82 Å². The second kappa shape index (κ2) is 8.37. The van der Waals surface area contributed by atoms with Gasteiger partial charge in [-0.15, -0.1) is 0 Å². The molecule has 0 atom stereocenters. The molecule has 1 fully saturated rings. The standard InChI is InChI=1S/C21H22ClFN4O/c22-18-11-14(3-4-19(18)23)12-20(26-28)16-5-7-24-21-17(16)13-15(25-21)6-10-27-8-1-2-9-27/h3-5,7,11,28H,1-2,6,8-10,12-13H2/b26-20+. The number of fused-ring (bicyclic) bond motifs is 1. The summed E-state index contributed by atoms with van der Waals surface area (Å²) in [6.07, 6.45) is 6.23. The van der Waals surface area contributed by atoms with Crippen LogP contribution in [0.4, 0.5) is 10.2 Å². The van der Waals surface area contributed by atoms with Crippen LogP contribution in [-0.2, 0) is 12.8 Å². The summed E-state index contributed by atoms with van der Waals surface area (Å²) in [4.78, 5) is 11.6. The lowest BCUT2D eigenvalue weighted by atomic mass is 9.96. The van der Waals surface area contributed by atoms with E-state index in [0.29, 0.717) is 18.0 Å². The van der Waals surface area contributed by atoms with E-state index in [1.54, 1.807) is 18.3 Å². The second-order valence-electron chi connectivity index (χ2n) is 7.29. The fourth-order valence-corrected chi connectivity index (χ4v) is 4.08. The van der Waals surface area contributed by atoms with E-state index in [0.717, 1.165) is 41.8 Å². The maximum atomic E-state index is 13.4. The van der Waals surface area contributed by atoms with Crippen molar-refractivity contribution in [3.63, 3.8) is 0 Å². The van der Waals surface area contributed by atoms with Crippen LogP contribution in [0.25, 0.3) is 0 Å². The van der Waals surface area contributed by atoms with Crippen molar-refractivity contribution < 1.29 is 9.60 Å². The normalized spacial score (nSPS) is 17.1. The Morgan fingerprint density at radius 3 is 2.82 bits per heavy atom. The molecule has 0 saturated carbocycles. The van der Waals surface area contributed by atoms with Crippen LogP contribution >= 0.6 is 11.6 Å². The molecule has 4 rings (SSSR count). The van der Waals surface area contributed by atoms with Crippen molar-refractivity contribution >= 4 is 28.8 Å². The fraction of sp³-hybridized carbons (Fsp3) is 0.381. The Labute approximate surface area is 168 Å². The van der Waals surface area contributed by atoms with Crippen molar-refractivity contribution in [3.05, 3.63) is 58.0 Å². The number of aromatic nitrogens is 1. The van der Waals surface area contributed by atoms with Gasteiger partial charge in [0.25, 0.3) is 0 Å². The number of hydrogen-bond acceptors (Lipinski definition) is 5. The van der Waals surface area contributed by atoms with Gasteiger partial charge in [-0.05, 0) is 56.1 Å². The zero-order valence-corrected chi connectivity index (χ0v) is 16.3. The molecule has 1 saturated heterocycles. The van der Waals surface area contributed by atoms with Crippen LogP contribution in [0.1, 0.15) is 36.0 Å². The van der Waals surface area contributed by atoms with Gasteiger partial charge in [-0.1, -0.05) is 22.8 Å². The highest BCUT2D eigenvalue weighted by Crippen LogP contribution is 2.30. The minimum Gasteiger partial charge on any atom is -0.411 e. The van der Waals surface area contributed by atoms with Crippen molar-refractivity contribution in [2.24, 2.45) is 10.1 Å². The van der Waals surface area contributed by atoms with Crippen LogP contribution in [0.3, 0.4) is 0 Å². The third-order valence-electron chi connectivity index (χ3n) is 5.38. The summed E-state index contributed by atoms with van der Waals surface area (Å²) in [5, 5.41) is 13.2. The summed E-state index contributed by atoms with van der Waals surface area (Å²) in [7, 11) is 0. The van der Waals surface area contributed by atoms with E-state index in [1.165, 1.54) is 32.0 Å². The average molecular weight is 401 g/mol. The molecular weight excluding hydrogens is 379 g/mol. The van der Waals surface area contributed by atoms with Crippen LogP contribution in [0.15, 0.2) is 40.6 Å². The molecule has 0 bridgehead atoms. The number of likely N-dealkylation sites (tertiary alicyclic amines) is 1. The summed E-state index contributed by atoms with van der Waals surface area (Å²) in [6.45, 7) is 3.37. The SMILES string of the molecule is O/N=C(\Cc1ccc(F)c(Cl)c1)c1ccnc2c1CC(CCN1CCCC1)=N2. The Hall–Kier alpha value is -2.31. The first-order chi connectivity index (χ1) is 13.6. The molecular formula is C21H22ClFN4O. The molecule has 1 N–H and O–H groups in total. The fourth-order valence-electron chi connectivity index (χ4n) is 3.88. The quantitative estimate of drug-likeness (QED) is 0.444. The largest absolute Gasteiger partial charge is 0.411 e. The molecule has 0 spiro atoms. The topological polar surface area (TPSA) is 61.1 Å². The van der Waals surface area contributed by atoms with Gasteiger partial charge in [0, 0.05) is 42.4 Å². The monoisotopic (exact) mass is 400 g/mol. The number of pyridine rings is 1. The van der Waals surface area contributed by atoms with E-state index < -0.39 is 5.82 Å². The van der Waals surface area contributed by atoms with Crippen molar-refractivity contribution in [1.29, 1.82) is 0 Å². The number of rotatable bonds is 6. The van der Waals surface area contributed by atoms with Gasteiger partial charge < -0.3 is 10.1 Å². The van der Waals surface area contributed by atoms with Gasteiger partial charge in [-0.25, -0.2) is 14.4 Å². The maximum absolute atomic E-state index is 13.4. The molecule has 28 heavy (non-hydrogen) atoms. The first kappa shape index (κ1) is 19.0. The van der Waals surface area contributed by atoms with Gasteiger partial charge in [-0.3, -0.25) is 0 Å². The number of halogens is 2. The van der Waals surface area contributed by atoms with Crippen molar-refractivity contribution in [3.8, 4) is 0 Å². The van der Waals surface area contributed by atoms with Gasteiger partial charge in [-0.2, -0.15) is 0 Å². The highest BCUT2D eigenvalue weighted by atomic mass is 35.5. The highest BCUT2D eigenvalue weighted by Gasteiger charge is 2.23. The first-order valence-electron chi connectivity index (χ1n) is 9.56. The number of hydrogen-bond donors (Lipinski definition) is 1. The Morgan fingerprint density at radius 1 is 1.25 bits per heavy atom. The first-order valence-corrected chi connectivity index (χ1v) is 9.94. The van der Waals surface area contributed by atoms with Gasteiger partial charge in [0.2, 0.25) is 0 Å². The van der Waals surface area contributed by atoms with Crippen molar-refractivity contribution in [2.75, 3.05) is 19.6 Å². The molecule has 0 unspecified atom stereocenters. The lowest BCUT2D eigenvalue weighted by molar-refractivity contribution is 0.318. The van der Waals surface area contributed by atoms with E-state index in [9.17, 15) is 9.60 Å². The van der Waals surface area contributed by atoms with Gasteiger partial charge in [0.1, 0.15) is 5.82 Å². The average Bonchev–Trinajstić information content (AvgIpc) is 3.36. The summed E-state index contributed by atoms with van der Waals surface area (Å²) in [5.74, 6) is 0.237. The summed E-state index contributed by atoms with van der Waals surface area (Å²) in [6, 6.07) is 6.37. The van der Waals surface area contributed by atoms with Gasteiger partial charge in [0.05, 0.1) is 10.7 Å². The minimum atomic E-state index is -0.464. The van der Waals surface area contributed by atoms with E-state index >= 15 is 0 Å². The van der Waals surface area contributed by atoms with Gasteiger partial charge >= 0.3 is 0 Å². The predicted octanol–water partition coefficient (Wildman–Crippen LogP) is 4.41. The summed E-state index contributed by atoms with van der Waals surface area (Å²) in [5.41, 5.74) is 4.20. The molecule has 1 aromatic carbocycles. The predicted molar refractivity (Wildman–Crippen MR) is 109 cm³/mol. The second-order valence-corrected chi connectivity index (χ2v) is 7.69. The third-order valence-corrected chi connectivity index (χ3v) is 5.67. The zero-order chi connectivity index (χ0) is 19.5. The van der Waals surface area contributed by atoms with Crippen LogP contribution < -0.4 is 0 Å². The van der Waals surface area contributed by atoms with E-state index in [-0.39, 0.29) is 5.02 Å². The summed E-state index contributed by atoms with van der Waals surface area (Å²) < 4.78 is 13.4. The molecule has 2 aliphatic rings. The number of oxime groups is 1. The Balaban J connectivity index is 1.49. The molecule has 7 heteroatoms. The van der Waals surface area contributed by atoms with E-state index in [1.807, 2.05) is 6.07 Å². The number of benzene rings is 1. The van der Waals surface area contributed by atoms with E-state index in [4.69, 9.17) is 16.6 Å². The lowest BCUT2D eigenvalue weighted by Gasteiger charge is -2.14. The summed E-state index contributed by atoms with van der Waals surface area (Å²) >= 11 is 5.88. The third kappa shape index (κ3) is 4.08. The number of aliphatic imine (C=N–C) groups is 1. The zero-order valence-electron chi connectivity index (χ0n) is 15.5. The molecule has 5 nitrogen and oxygen atoms in total. The Bertz CT molecular complexity index is 938. The molecule has 0 radical (unpaired) electrons. The minimum absolute atomic E-state index is 0.0577. The van der Waals surface area contributed by atoms with Crippen LogP contribution in [0.5, 0.6) is 0 Å². The molecule has 2 aliphatic heterocycles. The van der Waals surface area contributed by atoms with E-state index in [2.05, 4.69) is 15.0 Å². The number of nitrogens with zero attached hydrogens (tertiary/aromatic N) is 4. The van der Waals surface area contributed by atoms with Crippen LogP contribution in [0.2, 0.25) is 5.02 Å². The lowest BCUT2D eigenvalue weighted by Crippen LogP contribution is -2.22. The van der Waals surface area contributed by atoms with Gasteiger partial charge in [0.15, 0.2) is 5.82 Å². The van der Waals surface area contributed by atoms with Crippen LogP contribution in [-0.4, -0.2) is 46.1 Å². The van der Waals surface area contributed by atoms with Crippen molar-refractivity contribution in [2.45, 2.75) is 32.1 Å². The molecule has 1 aromatic heterocycles. The molecule has 0 aliphatic carbocycles. The molecule has 146 valence electrons. The molecule has 0 amide bonds. The molecule has 2 aromatic rings. The smallest absolute Gasteiger partial charge is 0.155 e. The van der Waals surface area contributed by atoms with Crippen molar-refractivity contribution in [1.82, 2.24) is 9.88 Å².